The normalized spacial score (nSPS) is 12.9. The summed E-state index contributed by atoms with van der Waals surface area (Å²) in [5.41, 5.74) is 7.24. The molecule has 0 saturated heterocycles. The van der Waals surface area contributed by atoms with E-state index < -0.39 is 0 Å². The van der Waals surface area contributed by atoms with E-state index in [2.05, 4.69) is 10.3 Å². The summed E-state index contributed by atoms with van der Waals surface area (Å²) in [5.74, 6) is 1.02. The van der Waals surface area contributed by atoms with E-state index in [0.717, 1.165) is 11.4 Å². The van der Waals surface area contributed by atoms with Crippen LogP contribution in [0.4, 0.5) is 11.5 Å². The van der Waals surface area contributed by atoms with E-state index >= 15 is 0 Å². The van der Waals surface area contributed by atoms with Crippen LogP contribution >= 0.6 is 0 Å². The lowest BCUT2D eigenvalue weighted by atomic mass is 10.1. The fraction of sp³-hybridized carbons (Fsp3) is 0.545. The first-order chi connectivity index (χ1) is 7.00. The van der Waals surface area contributed by atoms with Gasteiger partial charge in [0.05, 0.1) is 18.0 Å². The van der Waals surface area contributed by atoms with Gasteiger partial charge in [-0.2, -0.15) is 0 Å². The number of aliphatic hydroxyl groups is 1. The van der Waals surface area contributed by atoms with Crippen LogP contribution in [0.15, 0.2) is 12.3 Å². The lowest BCUT2D eigenvalue weighted by molar-refractivity contribution is 0.138. The van der Waals surface area contributed by atoms with Crippen LogP contribution in [0.5, 0.6) is 0 Å². The average Bonchev–Trinajstić information content (AvgIpc) is 2.15. The number of nitrogens with zero attached hydrogens (tertiary/aromatic N) is 1. The maximum absolute atomic E-state index is 9.62. The zero-order valence-electron chi connectivity index (χ0n) is 9.49. The summed E-state index contributed by atoms with van der Waals surface area (Å²) >= 11 is 0. The van der Waals surface area contributed by atoms with Gasteiger partial charge in [0.2, 0.25) is 0 Å². The Kier molecular flexibility index (Phi) is 3.91. The zero-order chi connectivity index (χ0) is 11.4. The van der Waals surface area contributed by atoms with Crippen molar-refractivity contribution in [3.8, 4) is 0 Å². The molecule has 1 rings (SSSR count). The average molecular weight is 209 g/mol. The van der Waals surface area contributed by atoms with E-state index in [9.17, 15) is 5.11 Å². The topological polar surface area (TPSA) is 71.2 Å². The maximum Gasteiger partial charge on any atom is 0.129 e. The molecule has 0 fully saturated rings. The SMILES string of the molecule is Cc1cc(N)cnc1NCC(O)C(C)C. The zero-order valence-corrected chi connectivity index (χ0v) is 9.49. The number of hydrogen-bond acceptors (Lipinski definition) is 4. The van der Waals surface area contributed by atoms with Gasteiger partial charge in [0.1, 0.15) is 5.82 Å². The second-order valence-electron chi connectivity index (χ2n) is 4.13. The van der Waals surface area contributed by atoms with E-state index in [-0.39, 0.29) is 12.0 Å². The highest BCUT2D eigenvalue weighted by atomic mass is 16.3. The van der Waals surface area contributed by atoms with Crippen molar-refractivity contribution in [2.45, 2.75) is 26.9 Å². The van der Waals surface area contributed by atoms with Crippen LogP contribution in [0.1, 0.15) is 19.4 Å². The number of nitrogen functional groups attached to an aromatic ring is 1. The van der Waals surface area contributed by atoms with Gasteiger partial charge in [-0.15, -0.1) is 0 Å². The molecule has 1 atom stereocenters. The predicted octanol–water partition coefficient (Wildman–Crippen LogP) is 1.40. The van der Waals surface area contributed by atoms with E-state index in [1.54, 1.807) is 6.20 Å². The highest BCUT2D eigenvalue weighted by Crippen LogP contribution is 2.14. The Balaban J connectivity index is 2.58. The molecule has 0 aliphatic rings. The number of nitrogens with one attached hydrogen (secondary N) is 1. The number of rotatable bonds is 4. The van der Waals surface area contributed by atoms with Crippen molar-refractivity contribution in [2.75, 3.05) is 17.6 Å². The molecule has 0 bridgehead atoms. The molecule has 4 heteroatoms. The molecule has 0 aromatic carbocycles. The quantitative estimate of drug-likeness (QED) is 0.701. The maximum atomic E-state index is 9.62. The minimum atomic E-state index is -0.358. The Labute approximate surface area is 90.5 Å². The van der Waals surface area contributed by atoms with Gasteiger partial charge in [-0.25, -0.2) is 4.98 Å². The Morgan fingerprint density at radius 1 is 1.53 bits per heavy atom. The fourth-order valence-electron chi connectivity index (χ4n) is 1.22. The first kappa shape index (κ1) is 11.8. The van der Waals surface area contributed by atoms with Crippen LogP contribution in [-0.2, 0) is 0 Å². The summed E-state index contributed by atoms with van der Waals surface area (Å²) in [6, 6.07) is 1.86. The Bertz CT molecular complexity index is 326. The highest BCUT2D eigenvalue weighted by molar-refractivity contribution is 5.50. The minimum absolute atomic E-state index is 0.242. The van der Waals surface area contributed by atoms with Crippen LogP contribution < -0.4 is 11.1 Å². The molecule has 4 nitrogen and oxygen atoms in total. The smallest absolute Gasteiger partial charge is 0.129 e. The van der Waals surface area contributed by atoms with Gasteiger partial charge >= 0.3 is 0 Å². The van der Waals surface area contributed by atoms with Gasteiger partial charge in [-0.1, -0.05) is 13.8 Å². The molecule has 1 aromatic heterocycles. The molecule has 1 unspecified atom stereocenters. The summed E-state index contributed by atoms with van der Waals surface area (Å²) in [4.78, 5) is 4.16. The van der Waals surface area contributed by atoms with Crippen LogP contribution in [-0.4, -0.2) is 22.7 Å². The van der Waals surface area contributed by atoms with Gasteiger partial charge in [-0.3, -0.25) is 0 Å². The summed E-state index contributed by atoms with van der Waals surface area (Å²) in [5, 5.41) is 12.7. The van der Waals surface area contributed by atoms with Gasteiger partial charge in [-0.05, 0) is 24.5 Å². The molecule has 0 saturated carbocycles. The number of hydrogen-bond donors (Lipinski definition) is 3. The first-order valence-electron chi connectivity index (χ1n) is 5.14. The standard InChI is InChI=1S/C11H19N3O/c1-7(2)10(15)6-14-11-8(3)4-9(12)5-13-11/h4-5,7,10,15H,6,12H2,1-3H3,(H,13,14). The number of aromatic nitrogens is 1. The second-order valence-corrected chi connectivity index (χ2v) is 4.13. The van der Waals surface area contributed by atoms with Crippen molar-refractivity contribution in [3.05, 3.63) is 17.8 Å². The molecule has 0 aliphatic heterocycles. The number of nitrogens with two attached hydrogens (primary N) is 1. The fourth-order valence-corrected chi connectivity index (χ4v) is 1.22. The monoisotopic (exact) mass is 209 g/mol. The predicted molar refractivity (Wildman–Crippen MR) is 62.7 cm³/mol. The van der Waals surface area contributed by atoms with Crippen molar-refractivity contribution in [1.82, 2.24) is 4.98 Å². The van der Waals surface area contributed by atoms with Crippen molar-refractivity contribution in [3.63, 3.8) is 0 Å². The number of anilines is 2. The van der Waals surface area contributed by atoms with Crippen LogP contribution in [0.3, 0.4) is 0 Å². The Morgan fingerprint density at radius 3 is 2.73 bits per heavy atom. The molecule has 0 amide bonds. The number of aliphatic hydroxyl groups excluding tert-OH is 1. The third-order valence-corrected chi connectivity index (χ3v) is 2.35. The summed E-state index contributed by atoms with van der Waals surface area (Å²) in [7, 11) is 0. The van der Waals surface area contributed by atoms with Gasteiger partial charge in [0.25, 0.3) is 0 Å². The van der Waals surface area contributed by atoms with Crippen LogP contribution in [0.25, 0.3) is 0 Å². The highest BCUT2D eigenvalue weighted by Gasteiger charge is 2.09. The summed E-state index contributed by atoms with van der Waals surface area (Å²) in [6.45, 7) is 6.41. The number of pyridine rings is 1. The van der Waals surface area contributed by atoms with E-state index in [4.69, 9.17) is 5.73 Å². The largest absolute Gasteiger partial charge is 0.397 e. The van der Waals surface area contributed by atoms with Crippen molar-refractivity contribution >= 4 is 11.5 Å². The molecular formula is C11H19N3O. The third-order valence-electron chi connectivity index (χ3n) is 2.35. The van der Waals surface area contributed by atoms with Crippen molar-refractivity contribution in [2.24, 2.45) is 5.92 Å². The van der Waals surface area contributed by atoms with Crippen molar-refractivity contribution in [1.29, 1.82) is 0 Å². The molecular weight excluding hydrogens is 190 g/mol. The lowest BCUT2D eigenvalue weighted by Crippen LogP contribution is -2.25. The van der Waals surface area contributed by atoms with Gasteiger partial charge < -0.3 is 16.2 Å². The Hall–Kier alpha value is -1.29. The van der Waals surface area contributed by atoms with Crippen LogP contribution in [0, 0.1) is 12.8 Å². The minimum Gasteiger partial charge on any atom is -0.397 e. The third kappa shape index (κ3) is 3.40. The molecule has 1 heterocycles. The van der Waals surface area contributed by atoms with Crippen molar-refractivity contribution < 1.29 is 5.11 Å². The van der Waals surface area contributed by atoms with E-state index in [0.29, 0.717) is 12.2 Å². The molecule has 0 spiro atoms. The van der Waals surface area contributed by atoms with Gasteiger partial charge in [0, 0.05) is 6.54 Å². The second kappa shape index (κ2) is 4.98. The van der Waals surface area contributed by atoms with Crippen LogP contribution in [0.2, 0.25) is 0 Å². The molecule has 4 N–H and O–H groups in total. The Morgan fingerprint density at radius 2 is 2.20 bits per heavy atom. The lowest BCUT2D eigenvalue weighted by Gasteiger charge is -2.16. The molecule has 84 valence electrons. The summed E-state index contributed by atoms with van der Waals surface area (Å²) < 4.78 is 0. The number of aryl methyl sites for hydroxylation is 1. The van der Waals surface area contributed by atoms with E-state index in [1.165, 1.54) is 0 Å². The summed E-state index contributed by atoms with van der Waals surface area (Å²) in [6.07, 6.45) is 1.25. The molecule has 0 aliphatic carbocycles. The molecule has 0 radical (unpaired) electrons. The molecule has 15 heavy (non-hydrogen) atoms. The molecule has 1 aromatic rings. The van der Waals surface area contributed by atoms with E-state index in [1.807, 2.05) is 26.8 Å². The first-order valence-corrected chi connectivity index (χ1v) is 5.14. The van der Waals surface area contributed by atoms with Gasteiger partial charge in [0.15, 0.2) is 0 Å².